The van der Waals surface area contributed by atoms with Crippen LogP contribution < -0.4 is 0 Å². The monoisotopic (exact) mass is 562 g/mol. The zero-order valence-electron chi connectivity index (χ0n) is 20.9. The number of rotatable bonds is 10. The lowest BCUT2D eigenvalue weighted by Gasteiger charge is -2.29. The van der Waals surface area contributed by atoms with Gasteiger partial charge in [0.25, 0.3) is 0 Å². The van der Waals surface area contributed by atoms with Gasteiger partial charge in [-0.1, -0.05) is 66.2 Å². The summed E-state index contributed by atoms with van der Waals surface area (Å²) < 4.78 is 17.1. The van der Waals surface area contributed by atoms with Crippen molar-refractivity contribution in [3.05, 3.63) is 119 Å². The van der Waals surface area contributed by atoms with E-state index in [1.54, 1.807) is 24.4 Å². The number of hydrogen-bond donors (Lipinski definition) is 2. The molecule has 3 aromatic rings. The topological polar surface area (TPSA) is 99.8 Å². The highest BCUT2D eigenvalue weighted by Gasteiger charge is 2.66. The molecule has 1 aromatic heterocycles. The summed E-state index contributed by atoms with van der Waals surface area (Å²) in [6, 6.07) is 19.7. The number of carbonyl (C=O) groups is 2. The first kappa shape index (κ1) is 26.9. The van der Waals surface area contributed by atoms with Crippen molar-refractivity contribution < 1.29 is 24.0 Å². The maximum Gasteiger partial charge on any atom is 0.352 e. The van der Waals surface area contributed by atoms with Crippen LogP contribution in [0.2, 0.25) is 0 Å². The van der Waals surface area contributed by atoms with Crippen LogP contribution in [0.25, 0.3) is 5.57 Å². The molecule has 5 rings (SSSR count). The minimum Gasteiger partial charge on any atom is -0.480 e. The van der Waals surface area contributed by atoms with Crippen molar-refractivity contribution in [1.82, 2.24) is 8.87 Å². The van der Waals surface area contributed by atoms with Gasteiger partial charge in [-0.2, -0.15) is 0 Å². The normalized spacial score (nSPS) is 21.1. The molecule has 1 fully saturated rings. The van der Waals surface area contributed by atoms with Gasteiger partial charge in [0.2, 0.25) is 0 Å². The lowest BCUT2D eigenvalue weighted by Crippen LogP contribution is -2.47. The molecule has 0 radical (unpaired) electrons. The van der Waals surface area contributed by atoms with Gasteiger partial charge in [-0.3, -0.25) is 4.79 Å². The number of carboxylic acids is 2. The summed E-state index contributed by atoms with van der Waals surface area (Å²) in [4.78, 5) is 24.9. The van der Waals surface area contributed by atoms with Crippen LogP contribution in [0.5, 0.6) is 0 Å². The third-order valence-electron chi connectivity index (χ3n) is 7.23. The van der Waals surface area contributed by atoms with Gasteiger partial charge in [0.15, 0.2) is 0 Å². The van der Waals surface area contributed by atoms with Gasteiger partial charge >= 0.3 is 11.9 Å². The molecule has 1 saturated carbocycles. The number of carboxylic acid groups (broad SMARTS) is 2. The summed E-state index contributed by atoms with van der Waals surface area (Å²) in [6.07, 6.45) is 10.2. The molecule has 0 spiro atoms. The Morgan fingerprint density at radius 2 is 1.77 bits per heavy atom. The van der Waals surface area contributed by atoms with Crippen molar-refractivity contribution in [2.24, 2.45) is 0 Å². The van der Waals surface area contributed by atoms with E-state index in [-0.39, 0.29) is 24.7 Å². The summed E-state index contributed by atoms with van der Waals surface area (Å²) in [5.41, 5.74) is 1.58. The number of allylic oxidation sites excluding steroid dienone is 6. The molecule has 0 bridgehead atoms. The smallest absolute Gasteiger partial charge is 0.352 e. The van der Waals surface area contributed by atoms with E-state index >= 15 is 0 Å². The van der Waals surface area contributed by atoms with Crippen LogP contribution in [0.3, 0.4) is 0 Å². The van der Waals surface area contributed by atoms with E-state index in [0.717, 1.165) is 16.7 Å². The molecule has 2 aliphatic rings. The third-order valence-corrected chi connectivity index (χ3v) is 9.06. The van der Waals surface area contributed by atoms with E-state index in [2.05, 4.69) is 0 Å². The highest BCUT2D eigenvalue weighted by atomic mass is 35.5. The second-order valence-electron chi connectivity index (χ2n) is 9.51. The van der Waals surface area contributed by atoms with Crippen molar-refractivity contribution in [3.8, 4) is 0 Å². The molecule has 3 atom stereocenters. The average molecular weight is 563 g/mol. The number of aromatic nitrogens is 1. The molecular formula is C30H27ClN2O5S. The van der Waals surface area contributed by atoms with Crippen molar-refractivity contribution in [2.45, 2.75) is 35.7 Å². The molecular weight excluding hydrogens is 536 g/mol. The lowest BCUT2D eigenvalue weighted by atomic mass is 10.0. The van der Waals surface area contributed by atoms with E-state index in [1.165, 1.54) is 14.9 Å². The molecule has 1 heterocycles. The standard InChI is InChI=1S/C30H27ClN2O5S/c31-24-9-4-8-21(11-14-24)22-12-15-25(16-13-22)39(38)33(19-18-32-17-5-10-27(32)28(34)35)30(29(36)37)20-26(30)23-6-2-1-3-7-23/h1-7,9-17,26H,8,18-20H2,(H,34,35)(H,36,37). The molecule has 0 saturated heterocycles. The van der Waals surface area contributed by atoms with Crippen LogP contribution in [0.1, 0.15) is 40.4 Å². The van der Waals surface area contributed by atoms with E-state index < -0.39 is 28.5 Å². The van der Waals surface area contributed by atoms with Crippen LogP contribution in [-0.4, -0.2) is 47.3 Å². The number of aromatic carboxylic acids is 1. The number of benzene rings is 2. The quantitative estimate of drug-likeness (QED) is 0.331. The largest absolute Gasteiger partial charge is 0.480 e. The van der Waals surface area contributed by atoms with Crippen LogP contribution in [0.4, 0.5) is 0 Å². The van der Waals surface area contributed by atoms with Gasteiger partial charge in [-0.15, -0.1) is 0 Å². The summed E-state index contributed by atoms with van der Waals surface area (Å²) in [5, 5.41) is 20.6. The molecule has 2 aromatic carbocycles. The zero-order valence-corrected chi connectivity index (χ0v) is 22.5. The molecule has 39 heavy (non-hydrogen) atoms. The summed E-state index contributed by atoms with van der Waals surface area (Å²) in [7, 11) is -1.82. The predicted molar refractivity (Wildman–Crippen MR) is 151 cm³/mol. The molecule has 200 valence electrons. The first-order valence-electron chi connectivity index (χ1n) is 12.5. The Morgan fingerprint density at radius 3 is 2.46 bits per heavy atom. The Hall–Kier alpha value is -3.72. The molecule has 3 unspecified atom stereocenters. The molecule has 9 heteroatoms. The van der Waals surface area contributed by atoms with Crippen molar-refractivity contribution in [3.63, 3.8) is 0 Å². The molecule has 2 aliphatic carbocycles. The lowest BCUT2D eigenvalue weighted by molar-refractivity contribution is -0.143. The molecule has 2 N–H and O–H groups in total. The first-order chi connectivity index (χ1) is 18.8. The van der Waals surface area contributed by atoms with E-state index in [0.29, 0.717) is 22.8 Å². The molecule has 0 amide bonds. The number of hydrogen-bond acceptors (Lipinski definition) is 3. The Bertz CT molecular complexity index is 1510. The zero-order chi connectivity index (χ0) is 27.6. The Labute approximate surface area is 233 Å². The van der Waals surface area contributed by atoms with E-state index in [9.17, 15) is 24.0 Å². The fourth-order valence-electron chi connectivity index (χ4n) is 5.11. The van der Waals surface area contributed by atoms with Gasteiger partial charge in [-0.05, 0) is 66.0 Å². The predicted octanol–water partition coefficient (Wildman–Crippen LogP) is 5.69. The Morgan fingerprint density at radius 1 is 1.03 bits per heavy atom. The SMILES string of the molecule is O=C(O)c1cccn1CCN(S(=O)c1ccc(C2=CC=C(Cl)C=CC2)cc1)C1(C(=O)O)CC1c1ccccc1. The first-order valence-corrected chi connectivity index (χ1v) is 14.0. The minimum absolute atomic E-state index is 0.0815. The number of nitrogens with zero attached hydrogens (tertiary/aromatic N) is 2. The fourth-order valence-corrected chi connectivity index (χ4v) is 6.71. The van der Waals surface area contributed by atoms with Gasteiger partial charge in [-0.25, -0.2) is 13.3 Å². The fraction of sp³-hybridized carbons (Fsp3) is 0.200. The van der Waals surface area contributed by atoms with E-state index in [4.69, 9.17) is 11.6 Å². The van der Waals surface area contributed by atoms with Gasteiger partial charge in [0, 0.05) is 30.2 Å². The van der Waals surface area contributed by atoms with Crippen LogP contribution in [0.15, 0.2) is 107 Å². The maximum atomic E-state index is 14.1. The van der Waals surface area contributed by atoms with Gasteiger partial charge in [0.1, 0.15) is 22.2 Å². The molecule has 7 nitrogen and oxygen atoms in total. The maximum absolute atomic E-state index is 14.1. The van der Waals surface area contributed by atoms with E-state index in [1.807, 2.05) is 66.8 Å². The van der Waals surface area contributed by atoms with Crippen molar-refractivity contribution >= 4 is 40.1 Å². The van der Waals surface area contributed by atoms with Gasteiger partial charge in [0.05, 0.1) is 4.90 Å². The summed E-state index contributed by atoms with van der Waals surface area (Å²) in [6.45, 7) is 0.250. The summed E-state index contributed by atoms with van der Waals surface area (Å²) >= 11 is 6.10. The Kier molecular flexibility index (Phi) is 7.70. The highest BCUT2D eigenvalue weighted by Crippen LogP contribution is 2.56. The highest BCUT2D eigenvalue weighted by molar-refractivity contribution is 7.82. The summed E-state index contributed by atoms with van der Waals surface area (Å²) in [5.74, 6) is -2.47. The number of aliphatic carboxylic acids is 1. The van der Waals surface area contributed by atoms with Crippen LogP contribution in [-0.2, 0) is 22.3 Å². The second kappa shape index (κ2) is 11.2. The third kappa shape index (κ3) is 5.41. The second-order valence-corrected chi connectivity index (χ2v) is 11.4. The number of halogens is 1. The Balaban J connectivity index is 1.47. The van der Waals surface area contributed by atoms with Gasteiger partial charge < -0.3 is 14.8 Å². The van der Waals surface area contributed by atoms with Crippen molar-refractivity contribution in [1.29, 1.82) is 0 Å². The van der Waals surface area contributed by atoms with Crippen molar-refractivity contribution in [2.75, 3.05) is 6.54 Å². The van der Waals surface area contributed by atoms with Crippen LogP contribution in [0, 0.1) is 0 Å². The minimum atomic E-state index is -1.82. The van der Waals surface area contributed by atoms with Crippen LogP contribution >= 0.6 is 11.6 Å². The average Bonchev–Trinajstić information content (AvgIpc) is 3.58. The molecule has 0 aliphatic heterocycles.